The van der Waals surface area contributed by atoms with E-state index in [1.807, 2.05) is 31.2 Å². The van der Waals surface area contributed by atoms with E-state index in [0.29, 0.717) is 19.7 Å². The highest BCUT2D eigenvalue weighted by atomic mass is 32.2. The molecule has 0 spiro atoms. The fourth-order valence-electron chi connectivity index (χ4n) is 3.92. The first kappa shape index (κ1) is 19.9. The van der Waals surface area contributed by atoms with Gasteiger partial charge in [0.2, 0.25) is 10.0 Å². The van der Waals surface area contributed by atoms with Crippen LogP contribution in [0.3, 0.4) is 0 Å². The molecule has 2 aromatic rings. The monoisotopic (exact) mass is 413 g/mol. The summed E-state index contributed by atoms with van der Waals surface area (Å²) in [6, 6.07) is 11.6. The molecule has 2 aliphatic rings. The molecule has 0 bridgehead atoms. The molecule has 0 saturated carbocycles. The lowest BCUT2D eigenvalue weighted by molar-refractivity contribution is 0.339. The molecule has 29 heavy (non-hydrogen) atoms. The van der Waals surface area contributed by atoms with Gasteiger partial charge in [0.05, 0.1) is 6.61 Å². The Morgan fingerprint density at radius 3 is 2.52 bits per heavy atom. The van der Waals surface area contributed by atoms with Crippen LogP contribution in [-0.4, -0.2) is 50.5 Å². The van der Waals surface area contributed by atoms with E-state index in [1.54, 1.807) is 10.4 Å². The third-order valence-corrected chi connectivity index (χ3v) is 7.37. The van der Waals surface area contributed by atoms with Gasteiger partial charge in [-0.05, 0) is 50.0 Å². The maximum atomic E-state index is 12.7. The Morgan fingerprint density at radius 2 is 1.86 bits per heavy atom. The van der Waals surface area contributed by atoms with Crippen LogP contribution in [-0.2, 0) is 10.0 Å². The molecular weight excluding hydrogens is 386 g/mol. The molecule has 0 amide bonds. The number of rotatable bonds is 6. The summed E-state index contributed by atoms with van der Waals surface area (Å²) >= 11 is 0. The number of hydrogen-bond acceptors (Lipinski definition) is 5. The average Bonchev–Trinajstić information content (AvgIpc) is 3.31. The van der Waals surface area contributed by atoms with Gasteiger partial charge in [0.15, 0.2) is 0 Å². The lowest BCUT2D eigenvalue weighted by atomic mass is 9.98. The van der Waals surface area contributed by atoms with E-state index in [-0.39, 0.29) is 4.90 Å². The Bertz CT molecular complexity index is 981. The second kappa shape index (κ2) is 8.55. The van der Waals surface area contributed by atoms with Crippen molar-refractivity contribution in [2.45, 2.75) is 31.1 Å². The highest BCUT2D eigenvalue weighted by molar-refractivity contribution is 7.89. The number of aromatic nitrogens is 1. The summed E-state index contributed by atoms with van der Waals surface area (Å²) in [6.07, 6.45) is 6.45. The van der Waals surface area contributed by atoms with Gasteiger partial charge in [-0.25, -0.2) is 13.4 Å². The van der Waals surface area contributed by atoms with Gasteiger partial charge in [-0.1, -0.05) is 24.3 Å². The van der Waals surface area contributed by atoms with E-state index in [0.717, 1.165) is 49.5 Å². The molecular formula is C22H27N3O3S. The molecule has 0 unspecified atom stereocenters. The first-order chi connectivity index (χ1) is 14.1. The minimum Gasteiger partial charge on any atom is -0.493 e. The second-order valence-corrected chi connectivity index (χ2v) is 9.26. The lowest BCUT2D eigenvalue weighted by Gasteiger charge is -2.28. The van der Waals surface area contributed by atoms with Crippen LogP contribution >= 0.6 is 0 Å². The normalized spacial score (nSPS) is 18.0. The van der Waals surface area contributed by atoms with Gasteiger partial charge in [0, 0.05) is 37.9 Å². The van der Waals surface area contributed by atoms with Gasteiger partial charge in [0.25, 0.3) is 0 Å². The minimum atomic E-state index is -3.41. The maximum Gasteiger partial charge on any atom is 0.244 e. The average molecular weight is 414 g/mol. The van der Waals surface area contributed by atoms with Crippen molar-refractivity contribution in [3.05, 3.63) is 54.2 Å². The number of sulfonamides is 1. The molecule has 4 rings (SSSR count). The second-order valence-electron chi connectivity index (χ2n) is 7.32. The number of para-hydroxylation sites is 1. The van der Waals surface area contributed by atoms with E-state index >= 15 is 0 Å². The fourth-order valence-corrected chi connectivity index (χ4v) is 5.39. The molecule has 0 aliphatic carbocycles. The van der Waals surface area contributed by atoms with Gasteiger partial charge >= 0.3 is 0 Å². The van der Waals surface area contributed by atoms with Crippen molar-refractivity contribution >= 4 is 21.4 Å². The fraction of sp³-hybridized carbons (Fsp3) is 0.409. The predicted octanol–water partition coefficient (Wildman–Crippen LogP) is 3.56. The first-order valence-corrected chi connectivity index (χ1v) is 11.7. The Balaban J connectivity index is 1.47. The van der Waals surface area contributed by atoms with Crippen molar-refractivity contribution in [3.63, 3.8) is 0 Å². The van der Waals surface area contributed by atoms with Crippen LogP contribution in [0.1, 0.15) is 31.7 Å². The van der Waals surface area contributed by atoms with Crippen molar-refractivity contribution in [2.24, 2.45) is 0 Å². The maximum absolute atomic E-state index is 12.7. The molecule has 6 nitrogen and oxygen atoms in total. The van der Waals surface area contributed by atoms with Crippen molar-refractivity contribution < 1.29 is 13.2 Å². The van der Waals surface area contributed by atoms with E-state index in [2.05, 4.69) is 22.0 Å². The zero-order chi connectivity index (χ0) is 20.3. The highest BCUT2D eigenvalue weighted by Gasteiger charge is 2.27. The van der Waals surface area contributed by atoms with Crippen LogP contribution in [0.5, 0.6) is 5.75 Å². The lowest BCUT2D eigenvalue weighted by Crippen LogP contribution is -2.30. The van der Waals surface area contributed by atoms with Crippen molar-refractivity contribution in [1.29, 1.82) is 0 Å². The van der Waals surface area contributed by atoms with E-state index in [1.165, 1.54) is 11.8 Å². The molecule has 3 heterocycles. The quantitative estimate of drug-likeness (QED) is 0.725. The highest BCUT2D eigenvalue weighted by Crippen LogP contribution is 2.31. The van der Waals surface area contributed by atoms with Gasteiger partial charge < -0.3 is 9.64 Å². The number of benzene rings is 1. The molecule has 7 heteroatoms. The van der Waals surface area contributed by atoms with Crippen LogP contribution in [0.25, 0.3) is 5.57 Å². The smallest absolute Gasteiger partial charge is 0.244 e. The van der Waals surface area contributed by atoms with Gasteiger partial charge in [-0.3, -0.25) is 0 Å². The van der Waals surface area contributed by atoms with Gasteiger partial charge in [-0.2, -0.15) is 4.31 Å². The summed E-state index contributed by atoms with van der Waals surface area (Å²) in [4.78, 5) is 6.90. The third kappa shape index (κ3) is 4.16. The van der Waals surface area contributed by atoms with E-state index < -0.39 is 10.0 Å². The first-order valence-electron chi connectivity index (χ1n) is 10.2. The Labute approximate surface area is 172 Å². The van der Waals surface area contributed by atoms with Crippen LogP contribution in [0.2, 0.25) is 0 Å². The number of nitrogens with zero attached hydrogens (tertiary/aromatic N) is 3. The minimum absolute atomic E-state index is 0.280. The van der Waals surface area contributed by atoms with Crippen molar-refractivity contribution in [2.75, 3.05) is 37.7 Å². The van der Waals surface area contributed by atoms with Gasteiger partial charge in [-0.15, -0.1) is 0 Å². The number of hydrogen-bond donors (Lipinski definition) is 0. The summed E-state index contributed by atoms with van der Waals surface area (Å²) < 4.78 is 32.6. The summed E-state index contributed by atoms with van der Waals surface area (Å²) in [5.74, 6) is 1.73. The molecule has 0 radical (unpaired) electrons. The van der Waals surface area contributed by atoms with Crippen LogP contribution in [0.15, 0.2) is 53.6 Å². The standard InChI is InChI=1S/C22H27N3O3S/c1-2-28-21-8-4-3-7-20(21)18-11-15-24(16-12-18)22-10-9-19(17-23-22)29(26,27)25-13-5-6-14-25/h3-4,7-11,17H,2,5-6,12-16H2,1H3. The van der Waals surface area contributed by atoms with Crippen LogP contribution < -0.4 is 9.64 Å². The van der Waals surface area contributed by atoms with E-state index in [4.69, 9.17) is 4.74 Å². The SMILES string of the molecule is CCOc1ccccc1C1=CCN(c2ccc(S(=O)(=O)N3CCCC3)cn2)CC1. The molecule has 154 valence electrons. The van der Waals surface area contributed by atoms with Gasteiger partial charge in [0.1, 0.15) is 16.5 Å². The largest absolute Gasteiger partial charge is 0.493 e. The molecule has 2 aliphatic heterocycles. The zero-order valence-electron chi connectivity index (χ0n) is 16.8. The summed E-state index contributed by atoms with van der Waals surface area (Å²) in [7, 11) is -3.41. The molecule has 1 fully saturated rings. The number of pyridine rings is 1. The van der Waals surface area contributed by atoms with E-state index in [9.17, 15) is 8.42 Å². The molecule has 0 N–H and O–H groups in total. The Kier molecular flexibility index (Phi) is 5.87. The summed E-state index contributed by atoms with van der Waals surface area (Å²) in [5.41, 5.74) is 2.42. The molecule has 1 aromatic heterocycles. The molecule has 0 atom stereocenters. The Morgan fingerprint density at radius 1 is 1.07 bits per heavy atom. The molecule has 1 saturated heterocycles. The predicted molar refractivity (Wildman–Crippen MR) is 115 cm³/mol. The van der Waals surface area contributed by atoms with Crippen LogP contribution in [0, 0.1) is 0 Å². The molecule has 1 aromatic carbocycles. The van der Waals surface area contributed by atoms with Crippen molar-refractivity contribution in [3.8, 4) is 5.75 Å². The third-order valence-electron chi connectivity index (χ3n) is 5.49. The zero-order valence-corrected chi connectivity index (χ0v) is 17.6. The topological polar surface area (TPSA) is 62.7 Å². The van der Waals surface area contributed by atoms with Crippen molar-refractivity contribution in [1.82, 2.24) is 9.29 Å². The van der Waals surface area contributed by atoms with Crippen LogP contribution in [0.4, 0.5) is 5.82 Å². The Hall–Kier alpha value is -2.38. The summed E-state index contributed by atoms with van der Waals surface area (Å²) in [5, 5.41) is 0. The number of ether oxygens (including phenoxy) is 1. The summed E-state index contributed by atoms with van der Waals surface area (Å²) in [6.45, 7) is 5.42. The number of anilines is 1.